The Kier molecular flexibility index (Phi) is 7.50. The molecule has 3 aromatic carbocycles. The van der Waals surface area contributed by atoms with E-state index >= 15 is 0 Å². The number of carbonyl (C=O) groups excluding carboxylic acids is 1. The first-order chi connectivity index (χ1) is 17.9. The van der Waals surface area contributed by atoms with Crippen LogP contribution < -0.4 is 15.5 Å². The Labute approximate surface area is 227 Å². The van der Waals surface area contributed by atoms with Crippen molar-refractivity contribution in [2.24, 2.45) is 5.10 Å². The van der Waals surface area contributed by atoms with Crippen LogP contribution in [-0.2, 0) is 16.8 Å². The molecule has 0 radical (unpaired) electrons. The summed E-state index contributed by atoms with van der Waals surface area (Å²) in [5, 5.41) is 8.44. The van der Waals surface area contributed by atoms with Crippen LogP contribution in [0.5, 0.6) is 5.75 Å². The van der Waals surface area contributed by atoms with Crippen molar-refractivity contribution in [1.29, 1.82) is 0 Å². The van der Waals surface area contributed by atoms with Crippen LogP contribution in [0.25, 0.3) is 0 Å². The highest BCUT2D eigenvalue weighted by Gasteiger charge is 2.48. The molecule has 1 amide bonds. The second-order valence-corrected chi connectivity index (χ2v) is 11.4. The van der Waals surface area contributed by atoms with E-state index in [1.54, 1.807) is 0 Å². The fraction of sp³-hybridized carbons (Fsp3) is 0.355. The van der Waals surface area contributed by atoms with Crippen molar-refractivity contribution in [3.05, 3.63) is 99.5 Å². The number of fused-ring (bicyclic) bond motifs is 1. The highest BCUT2D eigenvalue weighted by Crippen LogP contribution is 2.41. The maximum absolute atomic E-state index is 13.9. The standard InChI is InChI=1S/C31H34BrN3O2/c1-22-10-16-26(17-11-22)37-21-28(23-12-14-25(32)15-13-23)33-34-29(36)30(2)27-9-5-4-8-24(27)20-31(35-30)18-6-3-7-19-31/h4-5,8-17,35H,3,6-7,18-21H2,1-2H3,(H,34,36)/b33-28-/t30-/m1/s1. The topological polar surface area (TPSA) is 62.7 Å². The van der Waals surface area contributed by atoms with E-state index in [2.05, 4.69) is 50.0 Å². The summed E-state index contributed by atoms with van der Waals surface area (Å²) in [6, 6.07) is 24.1. The van der Waals surface area contributed by atoms with Crippen LogP contribution >= 0.6 is 15.9 Å². The van der Waals surface area contributed by atoms with Gasteiger partial charge in [0.25, 0.3) is 5.91 Å². The lowest BCUT2D eigenvalue weighted by molar-refractivity contribution is -0.129. The average Bonchev–Trinajstić information content (AvgIpc) is 2.90. The van der Waals surface area contributed by atoms with E-state index in [4.69, 9.17) is 4.74 Å². The highest BCUT2D eigenvalue weighted by molar-refractivity contribution is 9.10. The molecule has 5 rings (SSSR count). The van der Waals surface area contributed by atoms with Crippen molar-refractivity contribution in [3.63, 3.8) is 0 Å². The van der Waals surface area contributed by atoms with Gasteiger partial charge < -0.3 is 4.74 Å². The Morgan fingerprint density at radius 3 is 2.43 bits per heavy atom. The zero-order chi connectivity index (χ0) is 25.9. The van der Waals surface area contributed by atoms with E-state index in [9.17, 15) is 4.79 Å². The smallest absolute Gasteiger partial charge is 0.264 e. The number of carbonyl (C=O) groups is 1. The number of nitrogens with zero attached hydrogens (tertiary/aromatic N) is 1. The predicted octanol–water partition coefficient (Wildman–Crippen LogP) is 6.42. The molecular weight excluding hydrogens is 526 g/mol. The second-order valence-electron chi connectivity index (χ2n) is 10.5. The van der Waals surface area contributed by atoms with E-state index in [0.29, 0.717) is 5.71 Å². The number of hydrazone groups is 1. The zero-order valence-corrected chi connectivity index (χ0v) is 23.1. The predicted molar refractivity (Wildman–Crippen MR) is 152 cm³/mol. The molecule has 192 valence electrons. The molecule has 1 spiro atoms. The number of hydrogen-bond donors (Lipinski definition) is 2. The Hall–Kier alpha value is -2.96. The number of halogens is 1. The van der Waals surface area contributed by atoms with Crippen LogP contribution in [0.4, 0.5) is 0 Å². The quantitative estimate of drug-likeness (QED) is 0.270. The average molecular weight is 561 g/mol. The van der Waals surface area contributed by atoms with Crippen LogP contribution in [0, 0.1) is 6.92 Å². The molecule has 2 N–H and O–H groups in total. The maximum atomic E-state index is 13.9. The van der Waals surface area contributed by atoms with E-state index in [-0.39, 0.29) is 18.1 Å². The molecule has 37 heavy (non-hydrogen) atoms. The van der Waals surface area contributed by atoms with Gasteiger partial charge in [-0.05, 0) is 68.5 Å². The van der Waals surface area contributed by atoms with Crippen molar-refractivity contribution in [1.82, 2.24) is 10.7 Å². The van der Waals surface area contributed by atoms with Crippen LogP contribution in [0.1, 0.15) is 61.3 Å². The third-order valence-corrected chi connectivity index (χ3v) is 8.26. The molecule has 5 nitrogen and oxygen atoms in total. The maximum Gasteiger partial charge on any atom is 0.264 e. The molecule has 0 bridgehead atoms. The van der Waals surface area contributed by atoms with Gasteiger partial charge in [0.15, 0.2) is 0 Å². The number of amides is 1. The van der Waals surface area contributed by atoms with Crippen molar-refractivity contribution in [2.75, 3.05) is 6.61 Å². The summed E-state index contributed by atoms with van der Waals surface area (Å²) >= 11 is 3.50. The van der Waals surface area contributed by atoms with Gasteiger partial charge in [0.1, 0.15) is 23.6 Å². The van der Waals surface area contributed by atoms with Gasteiger partial charge in [-0.3, -0.25) is 10.1 Å². The molecule has 0 aromatic heterocycles. The van der Waals surface area contributed by atoms with Gasteiger partial charge in [-0.25, -0.2) is 5.43 Å². The highest BCUT2D eigenvalue weighted by atomic mass is 79.9. The van der Waals surface area contributed by atoms with Gasteiger partial charge in [0, 0.05) is 15.6 Å². The zero-order valence-electron chi connectivity index (χ0n) is 21.5. The summed E-state index contributed by atoms with van der Waals surface area (Å²) in [6.45, 7) is 4.27. The lowest BCUT2D eigenvalue weighted by Crippen LogP contribution is -2.65. The fourth-order valence-corrected chi connectivity index (χ4v) is 5.98. The minimum Gasteiger partial charge on any atom is -0.487 e. The van der Waals surface area contributed by atoms with Gasteiger partial charge in [-0.15, -0.1) is 0 Å². The molecule has 1 aliphatic carbocycles. The van der Waals surface area contributed by atoms with Gasteiger partial charge in [0.05, 0.1) is 0 Å². The van der Waals surface area contributed by atoms with E-state index < -0.39 is 5.54 Å². The summed E-state index contributed by atoms with van der Waals surface area (Å²) in [5.41, 5.74) is 6.98. The number of hydrogen-bond acceptors (Lipinski definition) is 4. The number of aryl methyl sites for hydroxylation is 1. The molecule has 1 atom stereocenters. The Morgan fingerprint density at radius 1 is 1.00 bits per heavy atom. The molecule has 1 heterocycles. The molecule has 1 saturated carbocycles. The lowest BCUT2D eigenvalue weighted by Gasteiger charge is -2.49. The van der Waals surface area contributed by atoms with Crippen LogP contribution in [-0.4, -0.2) is 23.8 Å². The normalized spacial score (nSPS) is 20.8. The number of ether oxygens (including phenoxy) is 1. The van der Waals surface area contributed by atoms with Gasteiger partial charge >= 0.3 is 0 Å². The summed E-state index contributed by atoms with van der Waals surface area (Å²) in [7, 11) is 0. The number of nitrogens with one attached hydrogen (secondary N) is 2. The molecule has 3 aromatic rings. The molecular formula is C31H34BrN3O2. The third-order valence-electron chi connectivity index (χ3n) is 7.73. The molecule has 1 fully saturated rings. The fourth-order valence-electron chi connectivity index (χ4n) is 5.72. The molecule has 6 heteroatoms. The van der Waals surface area contributed by atoms with E-state index in [0.717, 1.165) is 40.6 Å². The minimum absolute atomic E-state index is 0.0501. The van der Waals surface area contributed by atoms with Gasteiger partial charge in [-0.2, -0.15) is 5.10 Å². The molecule has 1 aliphatic heterocycles. The Balaban J connectivity index is 1.42. The summed E-state index contributed by atoms with van der Waals surface area (Å²) in [4.78, 5) is 13.9. The molecule has 0 unspecified atom stereocenters. The first-order valence-electron chi connectivity index (χ1n) is 13.1. The Bertz CT molecular complexity index is 1280. The molecule has 0 saturated heterocycles. The monoisotopic (exact) mass is 559 g/mol. The van der Waals surface area contributed by atoms with Gasteiger partial charge in [0.2, 0.25) is 0 Å². The summed E-state index contributed by atoms with van der Waals surface area (Å²) in [5.74, 6) is 0.602. The Morgan fingerprint density at radius 2 is 1.70 bits per heavy atom. The van der Waals surface area contributed by atoms with E-state index in [1.807, 2.05) is 68.4 Å². The number of rotatable bonds is 6. The summed E-state index contributed by atoms with van der Waals surface area (Å²) < 4.78 is 7.03. The van der Waals surface area contributed by atoms with Crippen molar-refractivity contribution >= 4 is 27.5 Å². The largest absolute Gasteiger partial charge is 0.487 e. The van der Waals surface area contributed by atoms with Crippen molar-refractivity contribution < 1.29 is 9.53 Å². The number of benzene rings is 3. The second kappa shape index (κ2) is 10.8. The van der Waals surface area contributed by atoms with Crippen molar-refractivity contribution in [3.8, 4) is 5.75 Å². The minimum atomic E-state index is -0.877. The first-order valence-corrected chi connectivity index (χ1v) is 13.9. The van der Waals surface area contributed by atoms with Crippen LogP contribution in [0.2, 0.25) is 0 Å². The third kappa shape index (κ3) is 5.65. The summed E-state index contributed by atoms with van der Waals surface area (Å²) in [6.07, 6.45) is 6.77. The first kappa shape index (κ1) is 25.7. The SMILES string of the molecule is Cc1ccc(OC/C(=N/NC(=O)[C@]2(C)NC3(CCCCC3)Cc3ccccc32)c2ccc(Br)cc2)cc1. The van der Waals surface area contributed by atoms with E-state index in [1.165, 1.54) is 30.4 Å². The van der Waals surface area contributed by atoms with Gasteiger partial charge in [-0.1, -0.05) is 89.3 Å². The lowest BCUT2D eigenvalue weighted by atomic mass is 9.69. The molecule has 2 aliphatic rings. The van der Waals surface area contributed by atoms with Crippen molar-refractivity contribution in [2.45, 2.75) is 63.5 Å². The van der Waals surface area contributed by atoms with Crippen LogP contribution in [0.3, 0.4) is 0 Å². The van der Waals surface area contributed by atoms with Crippen LogP contribution in [0.15, 0.2) is 82.4 Å².